The molecule has 0 bridgehead atoms. The van der Waals surface area contributed by atoms with E-state index in [1.807, 2.05) is 30.3 Å². The lowest BCUT2D eigenvalue weighted by molar-refractivity contribution is 0.0790. The molecule has 2 fully saturated rings. The van der Waals surface area contributed by atoms with Gasteiger partial charge in [-0.1, -0.05) is 23.4 Å². The number of hydrogen-bond donors (Lipinski definition) is 1. The van der Waals surface area contributed by atoms with E-state index in [9.17, 15) is 4.79 Å². The molecule has 0 spiro atoms. The Morgan fingerprint density at radius 1 is 1.13 bits per heavy atom. The zero-order valence-corrected chi connectivity index (χ0v) is 16.6. The quantitative estimate of drug-likeness (QED) is 0.620. The van der Waals surface area contributed by atoms with Gasteiger partial charge in [0.1, 0.15) is 12.4 Å². The van der Waals surface area contributed by atoms with Crippen LogP contribution in [0, 0.1) is 0 Å². The van der Waals surface area contributed by atoms with E-state index in [0.717, 1.165) is 43.9 Å². The number of benzene rings is 1. The third kappa shape index (κ3) is 4.49. The summed E-state index contributed by atoms with van der Waals surface area (Å²) >= 11 is 0. The maximum Gasteiger partial charge on any atom is 0.273 e. The van der Waals surface area contributed by atoms with Gasteiger partial charge in [0.25, 0.3) is 5.91 Å². The molecule has 1 aliphatic heterocycles. The fourth-order valence-corrected chi connectivity index (χ4v) is 3.54. The van der Waals surface area contributed by atoms with Crippen molar-refractivity contribution >= 4 is 5.91 Å². The van der Waals surface area contributed by atoms with Crippen LogP contribution in [0.25, 0.3) is 0 Å². The Bertz CT molecular complexity index is 994. The summed E-state index contributed by atoms with van der Waals surface area (Å²) in [5, 5.41) is 11.1. The number of carbonyl (C=O) groups is 1. The van der Waals surface area contributed by atoms with Crippen LogP contribution in [0.1, 0.15) is 40.6 Å². The summed E-state index contributed by atoms with van der Waals surface area (Å²) in [6, 6.07) is 14.5. The number of nitrogens with one attached hydrogen (secondary N) is 1. The molecule has 5 rings (SSSR count). The standard InChI is InChI=1S/C22H24N6O2/c29-22(21-14-28(26-25-21)19-6-7-19)24-18-12-27(13-18)11-16-4-8-20(9-5-16)30-15-17-3-1-2-10-23-17/h1-5,8-10,14,18-19H,6-7,11-13,15H2,(H,24,29). The molecule has 0 atom stereocenters. The SMILES string of the molecule is O=C(NC1CN(Cc2ccc(OCc3ccccn3)cc2)C1)c1cn(C2CC2)nn1. The van der Waals surface area contributed by atoms with Gasteiger partial charge in [-0.3, -0.25) is 14.7 Å². The molecule has 8 nitrogen and oxygen atoms in total. The molecule has 3 aromatic rings. The maximum atomic E-state index is 12.3. The second kappa shape index (κ2) is 8.23. The lowest BCUT2D eigenvalue weighted by Crippen LogP contribution is -2.58. The van der Waals surface area contributed by atoms with Gasteiger partial charge in [0.05, 0.1) is 24.0 Å². The van der Waals surface area contributed by atoms with E-state index in [1.165, 1.54) is 5.56 Å². The topological polar surface area (TPSA) is 85.2 Å². The van der Waals surface area contributed by atoms with Gasteiger partial charge < -0.3 is 10.1 Å². The number of amides is 1. The van der Waals surface area contributed by atoms with Gasteiger partial charge in [-0.05, 0) is 42.7 Å². The van der Waals surface area contributed by atoms with Crippen LogP contribution in [0.3, 0.4) is 0 Å². The van der Waals surface area contributed by atoms with Gasteiger partial charge in [-0.15, -0.1) is 5.10 Å². The molecule has 154 valence electrons. The van der Waals surface area contributed by atoms with Crippen molar-refractivity contribution in [3.8, 4) is 5.75 Å². The molecule has 1 amide bonds. The van der Waals surface area contributed by atoms with Crippen molar-refractivity contribution in [2.45, 2.75) is 38.1 Å². The predicted octanol–water partition coefficient (Wildman–Crippen LogP) is 2.20. The third-order valence-corrected chi connectivity index (χ3v) is 5.40. The molecular formula is C22H24N6O2. The molecule has 0 unspecified atom stereocenters. The fourth-order valence-electron chi connectivity index (χ4n) is 3.54. The Morgan fingerprint density at radius 3 is 2.70 bits per heavy atom. The molecule has 8 heteroatoms. The van der Waals surface area contributed by atoms with Gasteiger partial charge >= 0.3 is 0 Å². The number of carbonyl (C=O) groups excluding carboxylic acids is 1. The predicted molar refractivity (Wildman–Crippen MR) is 110 cm³/mol. The number of pyridine rings is 1. The van der Waals surface area contributed by atoms with Gasteiger partial charge in [0.15, 0.2) is 5.69 Å². The normalized spacial score (nSPS) is 16.8. The van der Waals surface area contributed by atoms with E-state index >= 15 is 0 Å². The molecule has 30 heavy (non-hydrogen) atoms. The van der Waals surface area contributed by atoms with Crippen molar-refractivity contribution in [2.24, 2.45) is 0 Å². The Kier molecular flexibility index (Phi) is 5.15. The monoisotopic (exact) mass is 404 g/mol. The minimum atomic E-state index is -0.138. The largest absolute Gasteiger partial charge is 0.487 e. The lowest BCUT2D eigenvalue weighted by atomic mass is 10.1. The highest BCUT2D eigenvalue weighted by Gasteiger charge is 2.30. The highest BCUT2D eigenvalue weighted by Crippen LogP contribution is 2.33. The molecule has 1 N–H and O–H groups in total. The van der Waals surface area contributed by atoms with Crippen LogP contribution >= 0.6 is 0 Å². The molecule has 1 aromatic carbocycles. The van der Waals surface area contributed by atoms with Crippen LogP contribution in [-0.4, -0.2) is 49.9 Å². The summed E-state index contributed by atoms with van der Waals surface area (Å²) in [4.78, 5) is 18.9. The smallest absolute Gasteiger partial charge is 0.273 e. The average Bonchev–Trinajstić information content (AvgIpc) is 3.48. The summed E-state index contributed by atoms with van der Waals surface area (Å²) in [6.07, 6.45) is 5.77. The minimum absolute atomic E-state index is 0.138. The van der Waals surface area contributed by atoms with Crippen LogP contribution in [0.15, 0.2) is 54.9 Å². The third-order valence-electron chi connectivity index (χ3n) is 5.40. The van der Waals surface area contributed by atoms with Crippen LogP contribution in [0.2, 0.25) is 0 Å². The molecule has 2 aromatic heterocycles. The summed E-state index contributed by atoms with van der Waals surface area (Å²) in [5.74, 6) is 0.693. The summed E-state index contributed by atoms with van der Waals surface area (Å²) < 4.78 is 7.58. The summed E-state index contributed by atoms with van der Waals surface area (Å²) in [5.41, 5.74) is 2.53. The highest BCUT2D eigenvalue weighted by molar-refractivity contribution is 5.92. The number of hydrogen-bond acceptors (Lipinski definition) is 6. The van der Waals surface area contributed by atoms with Crippen molar-refractivity contribution < 1.29 is 9.53 Å². The van der Waals surface area contributed by atoms with Crippen molar-refractivity contribution in [1.29, 1.82) is 0 Å². The fraction of sp³-hybridized carbons (Fsp3) is 0.364. The van der Waals surface area contributed by atoms with Gasteiger partial charge in [-0.2, -0.15) is 0 Å². The molecule has 1 saturated heterocycles. The summed E-state index contributed by atoms with van der Waals surface area (Å²) in [7, 11) is 0. The van der Waals surface area contributed by atoms with E-state index in [1.54, 1.807) is 17.1 Å². The molecular weight excluding hydrogens is 380 g/mol. The zero-order chi connectivity index (χ0) is 20.3. The van der Waals surface area contributed by atoms with Crippen molar-refractivity contribution in [1.82, 2.24) is 30.2 Å². The molecule has 3 heterocycles. The molecule has 1 aliphatic carbocycles. The van der Waals surface area contributed by atoms with E-state index in [0.29, 0.717) is 18.3 Å². The van der Waals surface area contributed by atoms with Gasteiger partial charge in [-0.25, -0.2) is 4.68 Å². The van der Waals surface area contributed by atoms with E-state index in [-0.39, 0.29) is 11.9 Å². The van der Waals surface area contributed by atoms with Crippen molar-refractivity contribution in [3.05, 3.63) is 71.8 Å². The number of ether oxygens (including phenoxy) is 1. The van der Waals surface area contributed by atoms with Crippen LogP contribution < -0.4 is 10.1 Å². The Morgan fingerprint density at radius 2 is 1.97 bits per heavy atom. The summed E-state index contributed by atoms with van der Waals surface area (Å²) in [6.45, 7) is 2.98. The number of aromatic nitrogens is 4. The van der Waals surface area contributed by atoms with Crippen LogP contribution in [0.5, 0.6) is 5.75 Å². The Balaban J connectivity index is 1.05. The highest BCUT2D eigenvalue weighted by atomic mass is 16.5. The van der Waals surface area contributed by atoms with E-state index in [4.69, 9.17) is 4.74 Å². The van der Waals surface area contributed by atoms with E-state index in [2.05, 4.69) is 37.6 Å². The second-order valence-corrected chi connectivity index (χ2v) is 7.93. The number of rotatable bonds is 8. The minimum Gasteiger partial charge on any atom is -0.487 e. The Hall–Kier alpha value is -3.26. The van der Waals surface area contributed by atoms with Crippen LogP contribution in [0.4, 0.5) is 0 Å². The number of nitrogens with zero attached hydrogens (tertiary/aromatic N) is 5. The van der Waals surface area contributed by atoms with E-state index < -0.39 is 0 Å². The zero-order valence-electron chi connectivity index (χ0n) is 16.6. The van der Waals surface area contributed by atoms with Gasteiger partial charge in [0.2, 0.25) is 0 Å². The van der Waals surface area contributed by atoms with Gasteiger partial charge in [0, 0.05) is 25.8 Å². The van der Waals surface area contributed by atoms with Crippen molar-refractivity contribution in [2.75, 3.05) is 13.1 Å². The second-order valence-electron chi connectivity index (χ2n) is 7.93. The van der Waals surface area contributed by atoms with Crippen LogP contribution in [-0.2, 0) is 13.2 Å². The first-order chi connectivity index (χ1) is 14.7. The maximum absolute atomic E-state index is 12.3. The lowest BCUT2D eigenvalue weighted by Gasteiger charge is -2.39. The Labute approximate surface area is 174 Å². The number of likely N-dealkylation sites (tertiary alicyclic amines) is 1. The average molecular weight is 404 g/mol. The first-order valence-electron chi connectivity index (χ1n) is 10.3. The first kappa shape index (κ1) is 18.7. The molecule has 1 saturated carbocycles. The van der Waals surface area contributed by atoms with Crippen molar-refractivity contribution in [3.63, 3.8) is 0 Å². The molecule has 0 radical (unpaired) electrons. The first-order valence-corrected chi connectivity index (χ1v) is 10.3. The molecule has 2 aliphatic rings.